The Hall–Kier alpha value is -1.29. The first kappa shape index (κ1) is 12.2. The molecule has 17 heavy (non-hydrogen) atoms. The Labute approximate surface area is 107 Å². The van der Waals surface area contributed by atoms with Crippen LogP contribution in [0.4, 0.5) is 0 Å². The monoisotopic (exact) mass is 298 g/mol. The number of nitriles is 1. The molecule has 2 rings (SSSR count). The van der Waals surface area contributed by atoms with E-state index in [-0.39, 0.29) is 13.4 Å². The topological polar surface area (TPSA) is 74.5 Å². The molecule has 0 bridgehead atoms. The molecule has 0 radical (unpaired) electrons. The molecule has 90 valence electrons. The fourth-order valence-electron chi connectivity index (χ4n) is 1.60. The molecule has 0 saturated heterocycles. The summed E-state index contributed by atoms with van der Waals surface area (Å²) in [6.07, 6.45) is 0. The molecule has 1 heterocycles. The summed E-state index contributed by atoms with van der Waals surface area (Å²) in [6, 6.07) is 5.23. The van der Waals surface area contributed by atoms with Crippen LogP contribution in [0.15, 0.2) is 16.6 Å². The van der Waals surface area contributed by atoms with Crippen molar-refractivity contribution in [3.63, 3.8) is 0 Å². The van der Waals surface area contributed by atoms with Gasteiger partial charge in [0.05, 0.1) is 17.1 Å². The molecule has 1 aromatic carbocycles. The molecule has 1 aromatic rings. The van der Waals surface area contributed by atoms with Gasteiger partial charge in [0.25, 0.3) is 0 Å². The van der Waals surface area contributed by atoms with Crippen molar-refractivity contribution >= 4 is 15.9 Å². The molecule has 1 unspecified atom stereocenters. The third-order valence-corrected chi connectivity index (χ3v) is 2.96. The fourth-order valence-corrected chi connectivity index (χ4v) is 2.18. The lowest BCUT2D eigenvalue weighted by Gasteiger charge is -2.12. The van der Waals surface area contributed by atoms with Gasteiger partial charge in [-0.2, -0.15) is 5.26 Å². The normalized spacial score (nSPS) is 14.4. The number of aliphatic hydroxyl groups is 1. The maximum absolute atomic E-state index is 9.06. The van der Waals surface area contributed by atoms with Crippen molar-refractivity contribution in [1.29, 1.82) is 5.26 Å². The van der Waals surface area contributed by atoms with Crippen molar-refractivity contribution in [3.8, 4) is 17.6 Å². The molecule has 0 fully saturated rings. The van der Waals surface area contributed by atoms with Crippen molar-refractivity contribution in [2.45, 2.75) is 6.04 Å². The number of halogens is 1. The minimum absolute atomic E-state index is 0.0100. The van der Waals surface area contributed by atoms with Crippen molar-refractivity contribution < 1.29 is 14.6 Å². The molecule has 2 N–H and O–H groups in total. The second-order valence-electron chi connectivity index (χ2n) is 3.48. The van der Waals surface area contributed by atoms with E-state index in [1.165, 1.54) is 0 Å². The highest BCUT2D eigenvalue weighted by atomic mass is 79.9. The summed E-state index contributed by atoms with van der Waals surface area (Å²) in [5.41, 5.74) is 0.775. The van der Waals surface area contributed by atoms with E-state index in [1.54, 1.807) is 6.07 Å². The third kappa shape index (κ3) is 2.52. The number of hydrogen-bond donors (Lipinski definition) is 2. The molecule has 5 nitrogen and oxygen atoms in total. The van der Waals surface area contributed by atoms with Gasteiger partial charge >= 0.3 is 0 Å². The lowest BCUT2D eigenvalue weighted by Crippen LogP contribution is -2.23. The summed E-state index contributed by atoms with van der Waals surface area (Å²) in [5.74, 6) is 1.29. The van der Waals surface area contributed by atoms with Crippen LogP contribution in [0.5, 0.6) is 11.5 Å². The molecule has 0 saturated carbocycles. The largest absolute Gasteiger partial charge is 0.454 e. The summed E-state index contributed by atoms with van der Waals surface area (Å²) in [7, 11) is 0. The Morgan fingerprint density at radius 1 is 1.53 bits per heavy atom. The highest BCUT2D eigenvalue weighted by molar-refractivity contribution is 9.10. The van der Waals surface area contributed by atoms with Crippen molar-refractivity contribution in [2.24, 2.45) is 0 Å². The zero-order chi connectivity index (χ0) is 12.3. The molecular weight excluding hydrogens is 288 g/mol. The first-order chi connectivity index (χ1) is 8.26. The van der Waals surface area contributed by atoms with Crippen LogP contribution in [-0.4, -0.2) is 25.1 Å². The number of ether oxygens (including phenoxy) is 2. The van der Waals surface area contributed by atoms with Gasteiger partial charge in [0.1, 0.15) is 6.04 Å². The fraction of sp³-hybridized carbons (Fsp3) is 0.364. The number of benzene rings is 1. The van der Waals surface area contributed by atoms with Crippen LogP contribution in [0.1, 0.15) is 11.6 Å². The highest BCUT2D eigenvalue weighted by Crippen LogP contribution is 2.41. The zero-order valence-corrected chi connectivity index (χ0v) is 10.5. The summed E-state index contributed by atoms with van der Waals surface area (Å²) >= 11 is 3.37. The van der Waals surface area contributed by atoms with Gasteiger partial charge in [-0.15, -0.1) is 0 Å². The number of aliphatic hydroxyl groups excluding tert-OH is 1. The first-order valence-electron chi connectivity index (χ1n) is 5.09. The summed E-state index contributed by atoms with van der Waals surface area (Å²) in [5, 5.41) is 20.7. The number of nitrogens with zero attached hydrogens (tertiary/aromatic N) is 1. The third-order valence-electron chi connectivity index (χ3n) is 2.37. The molecule has 0 aliphatic carbocycles. The van der Waals surface area contributed by atoms with E-state index in [1.807, 2.05) is 6.07 Å². The van der Waals surface area contributed by atoms with Gasteiger partial charge in [0, 0.05) is 6.54 Å². The van der Waals surface area contributed by atoms with Gasteiger partial charge in [0.2, 0.25) is 6.79 Å². The van der Waals surface area contributed by atoms with Gasteiger partial charge in [-0.25, -0.2) is 0 Å². The number of hydrogen-bond acceptors (Lipinski definition) is 5. The average Bonchev–Trinajstić information content (AvgIpc) is 2.79. The second kappa shape index (κ2) is 5.36. The molecular formula is C11H11BrN2O3. The predicted molar refractivity (Wildman–Crippen MR) is 63.7 cm³/mol. The molecule has 6 heteroatoms. The maximum Gasteiger partial charge on any atom is 0.231 e. The molecule has 1 aliphatic heterocycles. The first-order valence-corrected chi connectivity index (χ1v) is 5.88. The van der Waals surface area contributed by atoms with E-state index in [0.29, 0.717) is 18.0 Å². The van der Waals surface area contributed by atoms with Gasteiger partial charge in [0.15, 0.2) is 11.5 Å². The van der Waals surface area contributed by atoms with E-state index in [2.05, 4.69) is 27.3 Å². The van der Waals surface area contributed by atoms with Crippen molar-refractivity contribution in [1.82, 2.24) is 5.32 Å². The van der Waals surface area contributed by atoms with Crippen LogP contribution < -0.4 is 14.8 Å². The standard InChI is InChI=1S/C11H11BrN2O3/c12-8-3-7(9(5-13)14-1-2-15)4-10-11(8)17-6-16-10/h3-4,9,14-15H,1-2,6H2. The van der Waals surface area contributed by atoms with Gasteiger partial charge in [-0.3, -0.25) is 5.32 Å². The minimum atomic E-state index is -0.479. The molecule has 0 amide bonds. The molecule has 1 atom stereocenters. The summed E-state index contributed by atoms with van der Waals surface area (Å²) in [4.78, 5) is 0. The number of nitrogens with one attached hydrogen (secondary N) is 1. The van der Waals surface area contributed by atoms with E-state index < -0.39 is 6.04 Å². The second-order valence-corrected chi connectivity index (χ2v) is 4.33. The van der Waals surface area contributed by atoms with Crippen molar-refractivity contribution in [3.05, 3.63) is 22.2 Å². The van der Waals surface area contributed by atoms with Crippen LogP contribution >= 0.6 is 15.9 Å². The zero-order valence-electron chi connectivity index (χ0n) is 8.94. The Balaban J connectivity index is 2.26. The lowest BCUT2D eigenvalue weighted by molar-refractivity contribution is 0.173. The van der Waals surface area contributed by atoms with Crippen LogP contribution in [0.2, 0.25) is 0 Å². The Morgan fingerprint density at radius 2 is 2.35 bits per heavy atom. The van der Waals surface area contributed by atoms with Gasteiger partial charge < -0.3 is 14.6 Å². The SMILES string of the molecule is N#CC(NCCO)c1cc(Br)c2c(c1)OCO2. The van der Waals surface area contributed by atoms with Crippen LogP contribution in [-0.2, 0) is 0 Å². The number of rotatable bonds is 4. The van der Waals surface area contributed by atoms with E-state index >= 15 is 0 Å². The van der Waals surface area contributed by atoms with Crippen molar-refractivity contribution in [2.75, 3.05) is 19.9 Å². The summed E-state index contributed by atoms with van der Waals surface area (Å²) < 4.78 is 11.3. The molecule has 0 spiro atoms. The van der Waals surface area contributed by atoms with Crippen LogP contribution in [0.25, 0.3) is 0 Å². The Kier molecular flexibility index (Phi) is 3.84. The highest BCUT2D eigenvalue weighted by Gasteiger charge is 2.21. The summed E-state index contributed by atoms with van der Waals surface area (Å²) in [6.45, 7) is 0.548. The smallest absolute Gasteiger partial charge is 0.231 e. The predicted octanol–water partition coefficient (Wildman–Crippen LogP) is 1.32. The Bertz CT molecular complexity index is 459. The lowest BCUT2D eigenvalue weighted by atomic mass is 10.1. The van der Waals surface area contributed by atoms with Gasteiger partial charge in [-0.1, -0.05) is 0 Å². The quantitative estimate of drug-likeness (QED) is 0.877. The van der Waals surface area contributed by atoms with Gasteiger partial charge in [-0.05, 0) is 33.6 Å². The van der Waals surface area contributed by atoms with Crippen LogP contribution in [0.3, 0.4) is 0 Å². The molecule has 1 aliphatic rings. The average molecular weight is 299 g/mol. The molecule has 0 aromatic heterocycles. The minimum Gasteiger partial charge on any atom is -0.454 e. The van der Waals surface area contributed by atoms with Crippen LogP contribution in [0, 0.1) is 11.3 Å². The number of fused-ring (bicyclic) bond motifs is 1. The van der Waals surface area contributed by atoms with E-state index in [9.17, 15) is 0 Å². The maximum atomic E-state index is 9.06. The van der Waals surface area contributed by atoms with E-state index in [0.717, 1.165) is 10.0 Å². The van der Waals surface area contributed by atoms with E-state index in [4.69, 9.17) is 19.8 Å². The Morgan fingerprint density at radius 3 is 3.06 bits per heavy atom.